The third-order valence-electron chi connectivity index (χ3n) is 5.83. The quantitative estimate of drug-likeness (QED) is 0.205. The third kappa shape index (κ3) is 5.14. The van der Waals surface area contributed by atoms with Gasteiger partial charge in [0, 0.05) is 0 Å². The van der Waals surface area contributed by atoms with E-state index in [0.717, 1.165) is 17.3 Å². The summed E-state index contributed by atoms with van der Waals surface area (Å²) in [5.74, 6) is 0.904. The third-order valence-corrected chi connectivity index (χ3v) is 6.81. The van der Waals surface area contributed by atoms with Gasteiger partial charge >= 0.3 is 5.97 Å². The van der Waals surface area contributed by atoms with Gasteiger partial charge in [-0.05, 0) is 48.0 Å². The molecule has 1 aliphatic rings. The summed E-state index contributed by atoms with van der Waals surface area (Å²) in [6, 6.07) is 17.1. The van der Waals surface area contributed by atoms with Gasteiger partial charge in [0.2, 0.25) is 12.7 Å². The highest BCUT2D eigenvalue weighted by Gasteiger charge is 2.18. The fraction of sp³-hybridized carbons (Fsp3) is 0.185. The molecule has 0 aliphatic carbocycles. The van der Waals surface area contributed by atoms with Crippen molar-refractivity contribution in [1.29, 1.82) is 0 Å². The van der Waals surface area contributed by atoms with Crippen molar-refractivity contribution in [3.63, 3.8) is 0 Å². The Morgan fingerprint density at radius 1 is 1.05 bits per heavy atom. The summed E-state index contributed by atoms with van der Waals surface area (Å²) in [6.45, 7) is 0.328. The highest BCUT2D eigenvalue weighted by atomic mass is 32.2. The van der Waals surface area contributed by atoms with Crippen molar-refractivity contribution >= 4 is 40.2 Å². The van der Waals surface area contributed by atoms with E-state index in [2.05, 4.69) is 10.3 Å². The van der Waals surface area contributed by atoms with E-state index in [9.17, 15) is 14.4 Å². The van der Waals surface area contributed by atoms with Gasteiger partial charge in [0.25, 0.3) is 5.56 Å². The highest BCUT2D eigenvalue weighted by Crippen LogP contribution is 2.33. The van der Waals surface area contributed by atoms with Crippen molar-refractivity contribution in [3.05, 3.63) is 82.1 Å². The standard InChI is InChI=1S/C27H23N3O7S/c1-34-21-6-4-3-5-19(21)28-24(31)14-38-27-29-20-12-17(26(33)35-2)8-9-18(20)25(32)30(27)13-16-7-10-22-23(11-16)37-15-36-22/h3-12H,13-15H2,1-2H3,(H,28,31). The Morgan fingerprint density at radius 2 is 1.87 bits per heavy atom. The number of para-hydroxylation sites is 2. The van der Waals surface area contributed by atoms with Crippen LogP contribution in [0.25, 0.3) is 10.9 Å². The molecule has 1 aliphatic heterocycles. The number of ether oxygens (including phenoxy) is 4. The maximum Gasteiger partial charge on any atom is 0.337 e. The summed E-state index contributed by atoms with van der Waals surface area (Å²) in [7, 11) is 2.81. The first-order valence-electron chi connectivity index (χ1n) is 11.5. The molecule has 0 fully saturated rings. The Bertz CT molecular complexity index is 1600. The lowest BCUT2D eigenvalue weighted by Gasteiger charge is -2.14. The number of benzene rings is 3. The van der Waals surface area contributed by atoms with E-state index in [1.807, 2.05) is 12.1 Å². The molecule has 4 aromatic rings. The molecule has 3 aromatic carbocycles. The van der Waals surface area contributed by atoms with E-state index in [1.165, 1.54) is 30.9 Å². The number of carbonyl (C=O) groups excluding carboxylic acids is 2. The van der Waals surface area contributed by atoms with Crippen molar-refractivity contribution in [2.24, 2.45) is 0 Å². The lowest BCUT2D eigenvalue weighted by atomic mass is 10.1. The van der Waals surface area contributed by atoms with Crippen molar-refractivity contribution < 1.29 is 28.5 Å². The maximum absolute atomic E-state index is 13.6. The molecule has 1 amide bonds. The normalized spacial score (nSPS) is 11.8. The fourth-order valence-corrected chi connectivity index (χ4v) is 4.78. The summed E-state index contributed by atoms with van der Waals surface area (Å²) >= 11 is 1.11. The molecule has 5 rings (SSSR count). The SMILES string of the molecule is COC(=O)c1ccc2c(=O)n(Cc3ccc4c(c3)OCO4)c(SCC(=O)Nc3ccccc3OC)nc2c1. The van der Waals surface area contributed by atoms with Gasteiger partial charge in [-0.2, -0.15) is 0 Å². The zero-order valence-corrected chi connectivity index (χ0v) is 21.4. The highest BCUT2D eigenvalue weighted by molar-refractivity contribution is 7.99. The molecule has 11 heteroatoms. The molecule has 0 bridgehead atoms. The second kappa shape index (κ2) is 10.9. The van der Waals surface area contributed by atoms with Crippen LogP contribution < -0.4 is 25.1 Å². The zero-order valence-electron chi connectivity index (χ0n) is 20.6. The molecule has 0 saturated heterocycles. The first-order chi connectivity index (χ1) is 18.5. The van der Waals surface area contributed by atoms with Crippen LogP contribution in [0.5, 0.6) is 17.2 Å². The monoisotopic (exact) mass is 533 g/mol. The number of aromatic nitrogens is 2. The number of fused-ring (bicyclic) bond motifs is 2. The predicted octanol–water partition coefficient (Wildman–Crippen LogP) is 3.70. The Balaban J connectivity index is 1.48. The predicted molar refractivity (Wildman–Crippen MR) is 141 cm³/mol. The summed E-state index contributed by atoms with van der Waals surface area (Å²) in [5.41, 5.74) is 1.62. The maximum atomic E-state index is 13.6. The molecule has 1 N–H and O–H groups in total. The largest absolute Gasteiger partial charge is 0.495 e. The van der Waals surface area contributed by atoms with E-state index in [-0.39, 0.29) is 36.1 Å². The van der Waals surface area contributed by atoms with E-state index in [4.69, 9.17) is 18.9 Å². The molecule has 0 unspecified atom stereocenters. The molecular weight excluding hydrogens is 510 g/mol. The van der Waals surface area contributed by atoms with Crippen molar-refractivity contribution in [2.75, 3.05) is 32.1 Å². The van der Waals surface area contributed by atoms with Crippen molar-refractivity contribution in [3.8, 4) is 17.2 Å². The molecule has 194 valence electrons. The fourth-order valence-electron chi connectivity index (χ4n) is 3.98. The lowest BCUT2D eigenvalue weighted by Crippen LogP contribution is -2.25. The number of nitrogens with zero attached hydrogens (tertiary/aromatic N) is 2. The number of rotatable bonds is 8. The minimum Gasteiger partial charge on any atom is -0.495 e. The molecule has 1 aromatic heterocycles. The number of amides is 1. The molecule has 2 heterocycles. The average Bonchev–Trinajstić information content (AvgIpc) is 3.41. The molecule has 0 radical (unpaired) electrons. The van der Waals surface area contributed by atoms with Gasteiger partial charge in [-0.25, -0.2) is 9.78 Å². The molecule has 10 nitrogen and oxygen atoms in total. The van der Waals surface area contributed by atoms with Crippen LogP contribution in [0.2, 0.25) is 0 Å². The minimum atomic E-state index is -0.538. The van der Waals surface area contributed by atoms with Crippen molar-refractivity contribution in [1.82, 2.24) is 9.55 Å². The summed E-state index contributed by atoms with van der Waals surface area (Å²) in [5, 5.41) is 3.47. The number of esters is 1. The number of methoxy groups -OCH3 is 2. The van der Waals surface area contributed by atoms with E-state index in [1.54, 1.807) is 36.4 Å². The summed E-state index contributed by atoms with van der Waals surface area (Å²) < 4.78 is 22.4. The number of carbonyl (C=O) groups is 2. The topological polar surface area (TPSA) is 118 Å². The van der Waals surface area contributed by atoms with Gasteiger partial charge in [-0.15, -0.1) is 0 Å². The van der Waals surface area contributed by atoms with Crippen molar-refractivity contribution in [2.45, 2.75) is 11.7 Å². The van der Waals surface area contributed by atoms with Crippen LogP contribution in [0.1, 0.15) is 15.9 Å². The second-order valence-corrected chi connectivity index (χ2v) is 9.18. The number of hydrogen-bond acceptors (Lipinski definition) is 9. The van der Waals surface area contributed by atoms with E-state index in [0.29, 0.717) is 39.0 Å². The summed E-state index contributed by atoms with van der Waals surface area (Å²) in [6.07, 6.45) is 0. The Labute approximate surface area is 221 Å². The molecule has 38 heavy (non-hydrogen) atoms. The average molecular weight is 534 g/mol. The molecule has 0 atom stereocenters. The van der Waals surface area contributed by atoms with Gasteiger partial charge in [-0.1, -0.05) is 30.0 Å². The Kier molecular flexibility index (Phi) is 7.18. The minimum absolute atomic E-state index is 0.0200. The zero-order chi connectivity index (χ0) is 26.6. The molecule has 0 saturated carbocycles. The van der Waals surface area contributed by atoms with Crippen LogP contribution in [0.3, 0.4) is 0 Å². The number of nitrogens with one attached hydrogen (secondary N) is 1. The van der Waals surface area contributed by atoms with Crippen LogP contribution in [-0.2, 0) is 16.1 Å². The van der Waals surface area contributed by atoms with Crippen LogP contribution in [0, 0.1) is 0 Å². The number of hydrogen-bond donors (Lipinski definition) is 1. The van der Waals surface area contributed by atoms with Crippen LogP contribution in [-0.4, -0.2) is 48.2 Å². The number of thioether (sulfide) groups is 1. The Hall–Kier alpha value is -4.51. The summed E-state index contributed by atoms with van der Waals surface area (Å²) in [4.78, 5) is 43.1. The molecule has 0 spiro atoms. The van der Waals surface area contributed by atoms with E-state index >= 15 is 0 Å². The van der Waals surface area contributed by atoms with E-state index < -0.39 is 5.97 Å². The van der Waals surface area contributed by atoms with Gasteiger partial charge in [-0.3, -0.25) is 14.2 Å². The van der Waals surface area contributed by atoms with Gasteiger partial charge in [0.1, 0.15) is 5.75 Å². The second-order valence-electron chi connectivity index (χ2n) is 8.23. The lowest BCUT2D eigenvalue weighted by molar-refractivity contribution is -0.113. The smallest absolute Gasteiger partial charge is 0.337 e. The first-order valence-corrected chi connectivity index (χ1v) is 12.5. The van der Waals surface area contributed by atoms with Crippen LogP contribution in [0.4, 0.5) is 5.69 Å². The molecular formula is C27H23N3O7S. The first kappa shape index (κ1) is 25.2. The van der Waals surface area contributed by atoms with Crippen LogP contribution in [0.15, 0.2) is 70.6 Å². The van der Waals surface area contributed by atoms with Gasteiger partial charge < -0.3 is 24.3 Å². The van der Waals surface area contributed by atoms with Gasteiger partial charge in [0.15, 0.2) is 16.7 Å². The van der Waals surface area contributed by atoms with Crippen LogP contribution >= 0.6 is 11.8 Å². The Morgan fingerprint density at radius 3 is 2.68 bits per heavy atom. The number of anilines is 1. The van der Waals surface area contributed by atoms with Gasteiger partial charge in [0.05, 0.1) is 48.7 Å².